The third kappa shape index (κ3) is 3.49. The molecule has 1 N–H and O–H groups in total. The second-order valence-corrected chi connectivity index (χ2v) is 6.75. The van der Waals surface area contributed by atoms with E-state index >= 15 is 0 Å². The highest BCUT2D eigenvalue weighted by atomic mass is 16.5. The molecule has 1 saturated heterocycles. The summed E-state index contributed by atoms with van der Waals surface area (Å²) in [6.07, 6.45) is 2.28. The van der Waals surface area contributed by atoms with Crippen molar-refractivity contribution >= 4 is 11.8 Å². The van der Waals surface area contributed by atoms with E-state index in [1.165, 1.54) is 12.5 Å². The maximum Gasteiger partial charge on any atom is 0.241 e. The van der Waals surface area contributed by atoms with Crippen LogP contribution in [0.4, 0.5) is 0 Å². The summed E-state index contributed by atoms with van der Waals surface area (Å²) in [5, 5.41) is 2.57. The molecule has 1 fully saturated rings. The number of hydrogen-bond acceptors (Lipinski definition) is 5. The first-order valence-corrected chi connectivity index (χ1v) is 8.90. The number of piperidine rings is 1. The van der Waals surface area contributed by atoms with E-state index in [-0.39, 0.29) is 18.4 Å². The van der Waals surface area contributed by atoms with Crippen molar-refractivity contribution in [2.45, 2.75) is 31.8 Å². The fraction of sp³-hybridized carbons (Fsp3) is 0.579. The molecule has 0 saturated carbocycles. The molecule has 1 aromatic rings. The Morgan fingerprint density at radius 3 is 2.46 bits per heavy atom. The number of nitrogens with one attached hydrogen (secondary N) is 1. The molecule has 142 valence electrons. The van der Waals surface area contributed by atoms with Gasteiger partial charge in [0.15, 0.2) is 11.5 Å². The van der Waals surface area contributed by atoms with Gasteiger partial charge in [-0.15, -0.1) is 0 Å². The Morgan fingerprint density at radius 1 is 1.19 bits per heavy atom. The molecule has 1 aromatic carbocycles. The van der Waals surface area contributed by atoms with Gasteiger partial charge in [0.25, 0.3) is 0 Å². The molecule has 7 nitrogen and oxygen atoms in total. The Hall–Kier alpha value is -2.28. The van der Waals surface area contributed by atoms with E-state index < -0.39 is 5.60 Å². The zero-order valence-electron chi connectivity index (χ0n) is 15.6. The van der Waals surface area contributed by atoms with Crippen molar-refractivity contribution in [2.75, 3.05) is 40.5 Å². The Morgan fingerprint density at radius 2 is 1.85 bits per heavy atom. The fourth-order valence-corrected chi connectivity index (χ4v) is 3.83. The van der Waals surface area contributed by atoms with Crippen molar-refractivity contribution in [1.29, 1.82) is 0 Å². The van der Waals surface area contributed by atoms with Crippen LogP contribution in [0.3, 0.4) is 0 Å². The van der Waals surface area contributed by atoms with Crippen LogP contribution in [0.2, 0.25) is 0 Å². The predicted molar refractivity (Wildman–Crippen MR) is 95.4 cm³/mol. The van der Waals surface area contributed by atoms with Crippen LogP contribution in [0.1, 0.15) is 30.9 Å². The summed E-state index contributed by atoms with van der Waals surface area (Å²) in [5.74, 6) is 1.17. The molecular formula is C19H26N2O5. The second kappa shape index (κ2) is 7.53. The molecule has 3 rings (SSSR count). The van der Waals surface area contributed by atoms with Gasteiger partial charge < -0.3 is 24.4 Å². The third-order valence-corrected chi connectivity index (χ3v) is 5.26. The number of amides is 2. The fourth-order valence-electron chi connectivity index (χ4n) is 3.83. The molecule has 26 heavy (non-hydrogen) atoms. The average molecular weight is 362 g/mol. The Bertz CT molecular complexity index is 695. The summed E-state index contributed by atoms with van der Waals surface area (Å²) in [4.78, 5) is 25.0. The summed E-state index contributed by atoms with van der Waals surface area (Å²) in [5.41, 5.74) is 1.96. The van der Waals surface area contributed by atoms with Gasteiger partial charge in [-0.3, -0.25) is 9.59 Å². The third-order valence-electron chi connectivity index (χ3n) is 5.26. The van der Waals surface area contributed by atoms with Gasteiger partial charge >= 0.3 is 0 Å². The second-order valence-electron chi connectivity index (χ2n) is 6.75. The van der Waals surface area contributed by atoms with Crippen LogP contribution in [0.15, 0.2) is 12.1 Å². The van der Waals surface area contributed by atoms with Gasteiger partial charge in [0.2, 0.25) is 11.8 Å². The van der Waals surface area contributed by atoms with Crippen LogP contribution in [-0.4, -0.2) is 57.2 Å². The molecule has 0 radical (unpaired) electrons. The van der Waals surface area contributed by atoms with Crippen molar-refractivity contribution < 1.29 is 23.8 Å². The highest BCUT2D eigenvalue weighted by Crippen LogP contribution is 2.45. The lowest BCUT2D eigenvalue weighted by molar-refractivity contribution is -0.141. The lowest BCUT2D eigenvalue weighted by atomic mass is 9.79. The molecule has 0 aliphatic carbocycles. The summed E-state index contributed by atoms with van der Waals surface area (Å²) >= 11 is 0. The van der Waals surface area contributed by atoms with E-state index in [0.717, 1.165) is 30.6 Å². The molecule has 0 aromatic heterocycles. The van der Waals surface area contributed by atoms with Crippen molar-refractivity contribution in [1.82, 2.24) is 10.2 Å². The molecule has 0 bridgehead atoms. The Kier molecular flexibility index (Phi) is 5.36. The molecule has 0 atom stereocenters. The number of hydrogen-bond donors (Lipinski definition) is 1. The minimum absolute atomic E-state index is 0.0464. The largest absolute Gasteiger partial charge is 0.493 e. The van der Waals surface area contributed by atoms with Gasteiger partial charge in [0, 0.05) is 20.0 Å². The van der Waals surface area contributed by atoms with Crippen LogP contribution < -0.4 is 14.8 Å². The lowest BCUT2D eigenvalue weighted by Crippen LogP contribution is -2.50. The van der Waals surface area contributed by atoms with Crippen LogP contribution >= 0.6 is 0 Å². The standard InChI is InChI=1S/C19H26N2O5/c1-13(22)20-12-18(23)21-7-5-19(6-8-21)15-11-17(25-3)16(24-2)10-14(15)4-9-26-19/h10-11H,4-9,12H2,1-3H3,(H,20,22). The van der Waals surface area contributed by atoms with Gasteiger partial charge in [0.05, 0.1) is 33.0 Å². The normalized spacial score (nSPS) is 18.2. The van der Waals surface area contributed by atoms with Crippen LogP contribution in [0, 0.1) is 0 Å². The van der Waals surface area contributed by atoms with Gasteiger partial charge in [0.1, 0.15) is 0 Å². The molecule has 2 aliphatic heterocycles. The molecule has 7 heteroatoms. The highest BCUT2D eigenvalue weighted by molar-refractivity contribution is 5.83. The van der Waals surface area contributed by atoms with Gasteiger partial charge in [-0.25, -0.2) is 0 Å². The minimum Gasteiger partial charge on any atom is -0.493 e. The van der Waals surface area contributed by atoms with Crippen molar-refractivity contribution in [3.8, 4) is 11.5 Å². The number of fused-ring (bicyclic) bond motifs is 2. The van der Waals surface area contributed by atoms with Crippen molar-refractivity contribution in [3.05, 3.63) is 23.3 Å². The number of rotatable bonds is 4. The summed E-state index contributed by atoms with van der Waals surface area (Å²) < 4.78 is 17.1. The maximum atomic E-state index is 12.2. The van der Waals surface area contributed by atoms with Gasteiger partial charge in [-0.05, 0) is 42.5 Å². The first kappa shape index (κ1) is 18.5. The molecular weight excluding hydrogens is 336 g/mol. The number of methoxy groups -OCH3 is 2. The monoisotopic (exact) mass is 362 g/mol. The number of nitrogens with zero attached hydrogens (tertiary/aromatic N) is 1. The van der Waals surface area contributed by atoms with E-state index in [4.69, 9.17) is 14.2 Å². The molecule has 1 spiro atoms. The number of ether oxygens (including phenoxy) is 3. The number of carbonyl (C=O) groups is 2. The van der Waals surface area contributed by atoms with E-state index in [0.29, 0.717) is 25.4 Å². The van der Waals surface area contributed by atoms with E-state index in [9.17, 15) is 9.59 Å². The molecule has 0 unspecified atom stereocenters. The van der Waals surface area contributed by atoms with Crippen LogP contribution in [-0.2, 0) is 26.3 Å². The number of likely N-dealkylation sites (tertiary alicyclic amines) is 1. The van der Waals surface area contributed by atoms with Crippen molar-refractivity contribution in [3.63, 3.8) is 0 Å². The Balaban J connectivity index is 1.77. The molecule has 2 amide bonds. The van der Waals surface area contributed by atoms with Crippen molar-refractivity contribution in [2.24, 2.45) is 0 Å². The minimum atomic E-state index is -0.391. The smallest absolute Gasteiger partial charge is 0.241 e. The van der Waals surface area contributed by atoms with Gasteiger partial charge in [-0.1, -0.05) is 0 Å². The molecule has 2 heterocycles. The topological polar surface area (TPSA) is 77.1 Å². The molecule has 2 aliphatic rings. The predicted octanol–water partition coefficient (Wildman–Crippen LogP) is 1.23. The zero-order valence-corrected chi connectivity index (χ0v) is 15.6. The quantitative estimate of drug-likeness (QED) is 0.872. The number of benzene rings is 1. The summed E-state index contributed by atoms with van der Waals surface area (Å²) in [6, 6.07) is 4.05. The first-order valence-electron chi connectivity index (χ1n) is 8.90. The average Bonchev–Trinajstić information content (AvgIpc) is 2.66. The summed E-state index contributed by atoms with van der Waals surface area (Å²) in [7, 11) is 3.27. The highest BCUT2D eigenvalue weighted by Gasteiger charge is 2.42. The maximum absolute atomic E-state index is 12.2. The van der Waals surface area contributed by atoms with Crippen LogP contribution in [0.5, 0.6) is 11.5 Å². The van der Waals surface area contributed by atoms with E-state index in [2.05, 4.69) is 5.32 Å². The SMILES string of the molecule is COc1cc2c(cc1OC)C1(CCN(C(=O)CNC(C)=O)CC1)OCC2. The Labute approximate surface area is 153 Å². The van der Waals surface area contributed by atoms with Crippen LogP contribution in [0.25, 0.3) is 0 Å². The first-order chi connectivity index (χ1) is 12.5. The summed E-state index contributed by atoms with van der Waals surface area (Å²) in [6.45, 7) is 3.32. The lowest BCUT2D eigenvalue weighted by Gasteiger charge is -2.45. The zero-order chi connectivity index (χ0) is 18.7. The van der Waals surface area contributed by atoms with Gasteiger partial charge in [-0.2, -0.15) is 0 Å². The van der Waals surface area contributed by atoms with E-state index in [1.807, 2.05) is 12.1 Å². The van der Waals surface area contributed by atoms with E-state index in [1.54, 1.807) is 19.1 Å². The number of carbonyl (C=O) groups excluding carboxylic acids is 2.